The van der Waals surface area contributed by atoms with Gasteiger partial charge in [-0.1, -0.05) is 6.07 Å². The topological polar surface area (TPSA) is 81.4 Å². The standard InChI is InChI=1S/C14H18N2O4S/c1-10-3-4-12-11(7-10)16-13(20-12)15-8-14(19-2)5-6-21(17,18)9-14/h3-4,7H,5-6,8-9H2,1-2H3,(H,15,16). The van der Waals surface area contributed by atoms with Crippen LogP contribution in [0.25, 0.3) is 11.1 Å². The van der Waals surface area contributed by atoms with Crippen molar-refractivity contribution in [1.29, 1.82) is 0 Å². The number of fused-ring (bicyclic) bond motifs is 1. The van der Waals surface area contributed by atoms with Crippen LogP contribution in [-0.2, 0) is 14.6 Å². The van der Waals surface area contributed by atoms with Crippen molar-refractivity contribution >= 4 is 27.0 Å². The van der Waals surface area contributed by atoms with Gasteiger partial charge in [0.1, 0.15) is 5.52 Å². The third-order valence-corrected chi connectivity index (χ3v) is 5.68. The molecule has 1 N–H and O–H groups in total. The minimum absolute atomic E-state index is 0.0306. The summed E-state index contributed by atoms with van der Waals surface area (Å²) in [4.78, 5) is 4.35. The number of aromatic nitrogens is 1. The molecule has 2 heterocycles. The lowest BCUT2D eigenvalue weighted by atomic mass is 10.0. The number of rotatable bonds is 4. The molecule has 0 bridgehead atoms. The van der Waals surface area contributed by atoms with Crippen LogP contribution in [0.2, 0.25) is 0 Å². The van der Waals surface area contributed by atoms with Gasteiger partial charge in [0.05, 0.1) is 17.1 Å². The van der Waals surface area contributed by atoms with E-state index in [-0.39, 0.29) is 11.5 Å². The summed E-state index contributed by atoms with van der Waals surface area (Å²) in [6.45, 7) is 2.35. The van der Waals surface area contributed by atoms with Crippen molar-refractivity contribution in [3.63, 3.8) is 0 Å². The van der Waals surface area contributed by atoms with Gasteiger partial charge in [-0.05, 0) is 31.0 Å². The number of ether oxygens (including phenoxy) is 1. The second-order valence-electron chi connectivity index (χ2n) is 5.57. The molecule has 2 aromatic rings. The van der Waals surface area contributed by atoms with Crippen LogP contribution >= 0.6 is 0 Å². The average Bonchev–Trinajstić information content (AvgIpc) is 2.97. The summed E-state index contributed by atoms with van der Waals surface area (Å²) in [7, 11) is -1.48. The summed E-state index contributed by atoms with van der Waals surface area (Å²) in [5.74, 6) is 0.193. The van der Waals surface area contributed by atoms with E-state index < -0.39 is 15.4 Å². The first-order valence-electron chi connectivity index (χ1n) is 6.78. The predicted molar refractivity (Wildman–Crippen MR) is 80.2 cm³/mol. The second-order valence-corrected chi connectivity index (χ2v) is 7.76. The fourth-order valence-corrected chi connectivity index (χ4v) is 4.60. The number of nitrogens with one attached hydrogen (secondary N) is 1. The van der Waals surface area contributed by atoms with Gasteiger partial charge in [-0.25, -0.2) is 8.42 Å². The van der Waals surface area contributed by atoms with Crippen molar-refractivity contribution in [1.82, 2.24) is 4.98 Å². The number of nitrogens with zero attached hydrogens (tertiary/aromatic N) is 1. The summed E-state index contributed by atoms with van der Waals surface area (Å²) in [6, 6.07) is 6.15. The zero-order valence-electron chi connectivity index (χ0n) is 12.0. The van der Waals surface area contributed by atoms with E-state index in [0.29, 0.717) is 24.6 Å². The van der Waals surface area contributed by atoms with E-state index in [1.54, 1.807) is 0 Å². The molecule has 7 heteroatoms. The third-order valence-electron chi connectivity index (χ3n) is 3.89. The van der Waals surface area contributed by atoms with E-state index in [1.807, 2.05) is 25.1 Å². The minimum atomic E-state index is -3.02. The monoisotopic (exact) mass is 310 g/mol. The van der Waals surface area contributed by atoms with Gasteiger partial charge in [0, 0.05) is 13.7 Å². The number of benzene rings is 1. The SMILES string of the molecule is COC1(CNc2nc3cc(C)ccc3o2)CCS(=O)(=O)C1. The molecule has 0 amide bonds. The van der Waals surface area contributed by atoms with Crippen molar-refractivity contribution in [2.24, 2.45) is 0 Å². The summed E-state index contributed by atoms with van der Waals surface area (Å²) in [5, 5.41) is 3.06. The van der Waals surface area contributed by atoms with E-state index in [9.17, 15) is 8.42 Å². The van der Waals surface area contributed by atoms with Crippen LogP contribution < -0.4 is 5.32 Å². The Morgan fingerprint density at radius 1 is 1.48 bits per heavy atom. The molecule has 0 saturated carbocycles. The molecule has 1 unspecified atom stereocenters. The Morgan fingerprint density at radius 2 is 2.29 bits per heavy atom. The number of methoxy groups -OCH3 is 1. The third kappa shape index (κ3) is 2.89. The Hall–Kier alpha value is -1.60. The number of hydrogen-bond donors (Lipinski definition) is 1. The van der Waals surface area contributed by atoms with Crippen molar-refractivity contribution < 1.29 is 17.6 Å². The normalized spacial score (nSPS) is 24.5. The Morgan fingerprint density at radius 3 is 2.95 bits per heavy atom. The molecule has 114 valence electrons. The van der Waals surface area contributed by atoms with Crippen molar-refractivity contribution in [2.75, 3.05) is 30.5 Å². The highest BCUT2D eigenvalue weighted by Gasteiger charge is 2.42. The molecule has 0 radical (unpaired) electrons. The first kappa shape index (κ1) is 14.3. The van der Waals surface area contributed by atoms with Gasteiger partial charge in [-0.15, -0.1) is 0 Å². The average molecular weight is 310 g/mol. The first-order chi connectivity index (χ1) is 9.91. The molecule has 1 atom stereocenters. The Balaban J connectivity index is 1.76. The lowest BCUT2D eigenvalue weighted by Gasteiger charge is -2.25. The van der Waals surface area contributed by atoms with Gasteiger partial charge in [-0.3, -0.25) is 0 Å². The molecule has 0 aliphatic carbocycles. The number of hydrogen-bond acceptors (Lipinski definition) is 6. The predicted octanol–water partition coefficient (Wildman–Crippen LogP) is 1.75. The van der Waals surface area contributed by atoms with E-state index >= 15 is 0 Å². The molecule has 0 spiro atoms. The largest absolute Gasteiger partial charge is 0.424 e. The van der Waals surface area contributed by atoms with E-state index in [2.05, 4.69) is 10.3 Å². The van der Waals surface area contributed by atoms with Crippen LogP contribution in [0.1, 0.15) is 12.0 Å². The van der Waals surface area contributed by atoms with Crippen molar-refractivity contribution in [3.05, 3.63) is 23.8 Å². The fourth-order valence-electron chi connectivity index (χ4n) is 2.61. The van der Waals surface area contributed by atoms with Crippen LogP contribution in [0.5, 0.6) is 0 Å². The van der Waals surface area contributed by atoms with Crippen LogP contribution in [0.15, 0.2) is 22.6 Å². The highest BCUT2D eigenvalue weighted by atomic mass is 32.2. The summed E-state index contributed by atoms with van der Waals surface area (Å²) >= 11 is 0. The van der Waals surface area contributed by atoms with Crippen LogP contribution in [0.3, 0.4) is 0 Å². The lowest BCUT2D eigenvalue weighted by Crippen LogP contribution is -2.40. The molecule has 1 aromatic carbocycles. The number of oxazole rings is 1. The molecular formula is C14H18N2O4S. The molecular weight excluding hydrogens is 292 g/mol. The Bertz CT molecular complexity index is 768. The smallest absolute Gasteiger partial charge is 0.295 e. The molecule has 1 aliphatic rings. The number of anilines is 1. The highest BCUT2D eigenvalue weighted by molar-refractivity contribution is 7.91. The molecule has 3 rings (SSSR count). The van der Waals surface area contributed by atoms with Crippen LogP contribution in [-0.4, -0.2) is 44.2 Å². The van der Waals surface area contributed by atoms with Crippen molar-refractivity contribution in [3.8, 4) is 0 Å². The highest BCUT2D eigenvalue weighted by Crippen LogP contribution is 2.28. The van der Waals surface area contributed by atoms with E-state index in [4.69, 9.17) is 9.15 Å². The number of sulfone groups is 1. The first-order valence-corrected chi connectivity index (χ1v) is 8.60. The molecule has 1 aliphatic heterocycles. The Labute approximate surface area is 123 Å². The maximum atomic E-state index is 11.6. The van der Waals surface area contributed by atoms with Crippen LogP contribution in [0.4, 0.5) is 6.01 Å². The maximum absolute atomic E-state index is 11.6. The second kappa shape index (κ2) is 4.99. The minimum Gasteiger partial charge on any atom is -0.424 e. The van der Waals surface area contributed by atoms with Gasteiger partial charge in [-0.2, -0.15) is 4.98 Å². The van der Waals surface area contributed by atoms with E-state index in [1.165, 1.54) is 7.11 Å². The molecule has 21 heavy (non-hydrogen) atoms. The molecule has 6 nitrogen and oxygen atoms in total. The maximum Gasteiger partial charge on any atom is 0.295 e. The summed E-state index contributed by atoms with van der Waals surface area (Å²) in [5.41, 5.74) is 1.89. The van der Waals surface area contributed by atoms with Gasteiger partial charge in [0.25, 0.3) is 6.01 Å². The fraction of sp³-hybridized carbons (Fsp3) is 0.500. The van der Waals surface area contributed by atoms with Gasteiger partial charge < -0.3 is 14.5 Å². The van der Waals surface area contributed by atoms with Gasteiger partial charge in [0.15, 0.2) is 15.4 Å². The number of aryl methyl sites for hydroxylation is 1. The van der Waals surface area contributed by atoms with Crippen molar-refractivity contribution in [2.45, 2.75) is 18.9 Å². The Kier molecular flexibility index (Phi) is 3.41. The zero-order valence-corrected chi connectivity index (χ0v) is 12.9. The van der Waals surface area contributed by atoms with E-state index in [0.717, 1.165) is 11.1 Å². The summed E-state index contributed by atoms with van der Waals surface area (Å²) in [6.07, 6.45) is 0.484. The molecule has 1 fully saturated rings. The molecule has 1 saturated heterocycles. The quantitative estimate of drug-likeness (QED) is 0.926. The van der Waals surface area contributed by atoms with Gasteiger partial charge >= 0.3 is 0 Å². The lowest BCUT2D eigenvalue weighted by molar-refractivity contribution is 0.0237. The molecule has 1 aromatic heterocycles. The summed E-state index contributed by atoms with van der Waals surface area (Å²) < 4.78 is 34.3. The van der Waals surface area contributed by atoms with Gasteiger partial charge in [0.2, 0.25) is 0 Å². The van der Waals surface area contributed by atoms with Crippen LogP contribution in [0, 0.1) is 6.92 Å². The zero-order chi connectivity index (χ0) is 15.1.